The van der Waals surface area contributed by atoms with E-state index < -0.39 is 0 Å². The van der Waals surface area contributed by atoms with Crippen molar-refractivity contribution < 1.29 is 9.90 Å². The largest absolute Gasteiger partial charge is 0.507 e. The van der Waals surface area contributed by atoms with Gasteiger partial charge >= 0.3 is 0 Å². The van der Waals surface area contributed by atoms with Gasteiger partial charge in [-0.15, -0.1) is 0 Å². The minimum atomic E-state index is 0.195. The first-order chi connectivity index (χ1) is 15.6. The fourth-order valence-corrected chi connectivity index (χ4v) is 5.28. The van der Waals surface area contributed by atoms with Gasteiger partial charge < -0.3 is 15.3 Å². The summed E-state index contributed by atoms with van der Waals surface area (Å²) < 4.78 is 2.58. The number of anilines is 1. The second-order valence-electron chi connectivity index (χ2n) is 8.85. The lowest BCUT2D eigenvalue weighted by atomic mass is 9.87. The van der Waals surface area contributed by atoms with E-state index in [1.54, 1.807) is 22.8 Å². The minimum absolute atomic E-state index is 0.195. The highest BCUT2D eigenvalue weighted by Gasteiger charge is 2.29. The summed E-state index contributed by atoms with van der Waals surface area (Å²) in [5.74, 6) is 1.61. The molecule has 2 N–H and O–H groups in total. The van der Waals surface area contributed by atoms with E-state index in [0.29, 0.717) is 22.8 Å². The Hall–Kier alpha value is -2.61. The number of fused-ring (bicyclic) bond motifs is 1. The van der Waals surface area contributed by atoms with Crippen molar-refractivity contribution in [3.8, 4) is 17.0 Å². The first-order valence-corrected chi connectivity index (χ1v) is 12.3. The van der Waals surface area contributed by atoms with Crippen LogP contribution in [0.4, 0.5) is 5.82 Å². The monoisotopic (exact) mass is 497 g/mol. The van der Waals surface area contributed by atoms with Crippen molar-refractivity contribution in [3.63, 3.8) is 0 Å². The molecule has 1 saturated carbocycles. The molecule has 32 heavy (non-hydrogen) atoms. The summed E-state index contributed by atoms with van der Waals surface area (Å²) in [6, 6.07) is 9.39. The van der Waals surface area contributed by atoms with E-state index >= 15 is 0 Å². The van der Waals surface area contributed by atoms with Crippen LogP contribution in [0.25, 0.3) is 16.9 Å². The molecule has 0 atom stereocenters. The number of benzene rings is 1. The van der Waals surface area contributed by atoms with Gasteiger partial charge in [0.2, 0.25) is 5.91 Å². The van der Waals surface area contributed by atoms with Gasteiger partial charge in [-0.25, -0.2) is 4.98 Å². The van der Waals surface area contributed by atoms with Crippen LogP contribution in [0, 0.1) is 5.92 Å². The normalized spacial score (nSPS) is 18.2. The lowest BCUT2D eigenvalue weighted by molar-refractivity contribution is -0.137. The smallest absolute Gasteiger partial charge is 0.225 e. The second-order valence-corrected chi connectivity index (χ2v) is 9.70. The van der Waals surface area contributed by atoms with Crippen molar-refractivity contribution in [3.05, 3.63) is 41.0 Å². The van der Waals surface area contributed by atoms with Gasteiger partial charge in [0.25, 0.3) is 0 Å². The molecule has 1 saturated heterocycles. The van der Waals surface area contributed by atoms with Gasteiger partial charge in [0.1, 0.15) is 11.6 Å². The van der Waals surface area contributed by atoms with Crippen LogP contribution in [0.5, 0.6) is 5.75 Å². The molecule has 3 aromatic rings. The summed E-state index contributed by atoms with van der Waals surface area (Å²) in [5, 5.41) is 18.4. The molecule has 1 aromatic carbocycles. The number of para-hydroxylation sites is 1. The molecule has 2 aliphatic rings. The number of phenolic OH excluding ortho intramolecular Hbond substituents is 1. The van der Waals surface area contributed by atoms with E-state index in [2.05, 4.69) is 31.2 Å². The molecule has 5 rings (SSSR count). The van der Waals surface area contributed by atoms with Crippen molar-refractivity contribution >= 4 is 33.3 Å². The molecule has 7 nitrogen and oxygen atoms in total. The SMILES string of the molecule is O=C(C1CCCCC1)N1CCC(Nc2cc(-c3ccccc3O)nc3c(Br)cnn23)CC1. The molecule has 1 aliphatic heterocycles. The number of carbonyl (C=O) groups excluding carboxylic acids is 1. The Bertz CT molecular complexity index is 1120. The molecule has 3 heterocycles. The first kappa shape index (κ1) is 21.2. The molecule has 0 unspecified atom stereocenters. The van der Waals surface area contributed by atoms with Gasteiger partial charge in [0.05, 0.1) is 16.4 Å². The zero-order valence-electron chi connectivity index (χ0n) is 18.0. The highest BCUT2D eigenvalue weighted by atomic mass is 79.9. The Kier molecular flexibility index (Phi) is 6.04. The number of phenols is 1. The van der Waals surface area contributed by atoms with Crippen molar-refractivity contribution in [2.24, 2.45) is 5.92 Å². The highest BCUT2D eigenvalue weighted by molar-refractivity contribution is 9.10. The van der Waals surface area contributed by atoms with Crippen molar-refractivity contribution in [1.29, 1.82) is 0 Å². The number of likely N-dealkylation sites (tertiary alicyclic amines) is 1. The third-order valence-electron chi connectivity index (χ3n) is 6.72. The summed E-state index contributed by atoms with van der Waals surface area (Å²) in [4.78, 5) is 19.7. The number of carbonyl (C=O) groups is 1. The fourth-order valence-electron chi connectivity index (χ4n) is 4.93. The van der Waals surface area contributed by atoms with Crippen LogP contribution < -0.4 is 5.32 Å². The fraction of sp³-hybridized carbons (Fsp3) is 0.458. The molecule has 0 spiro atoms. The Morgan fingerprint density at radius 2 is 1.84 bits per heavy atom. The maximum Gasteiger partial charge on any atom is 0.225 e. The lowest BCUT2D eigenvalue weighted by Gasteiger charge is -2.35. The van der Waals surface area contributed by atoms with Crippen molar-refractivity contribution in [2.45, 2.75) is 51.0 Å². The van der Waals surface area contributed by atoms with Gasteiger partial charge in [-0.3, -0.25) is 4.79 Å². The maximum absolute atomic E-state index is 12.9. The van der Waals surface area contributed by atoms with Gasteiger partial charge in [0, 0.05) is 36.7 Å². The quantitative estimate of drug-likeness (QED) is 0.538. The van der Waals surface area contributed by atoms with Gasteiger partial charge in [0.15, 0.2) is 5.65 Å². The zero-order valence-corrected chi connectivity index (χ0v) is 19.6. The molecule has 1 aliphatic carbocycles. The Morgan fingerprint density at radius 3 is 2.59 bits per heavy atom. The number of nitrogens with one attached hydrogen (secondary N) is 1. The van der Waals surface area contributed by atoms with E-state index in [1.807, 2.05) is 18.2 Å². The molecule has 0 bridgehead atoms. The Balaban J connectivity index is 1.33. The number of aromatic hydroxyl groups is 1. The number of nitrogens with zero attached hydrogens (tertiary/aromatic N) is 4. The topological polar surface area (TPSA) is 82.8 Å². The summed E-state index contributed by atoms with van der Waals surface area (Å²) in [6.07, 6.45) is 9.27. The van der Waals surface area contributed by atoms with Crippen molar-refractivity contribution in [1.82, 2.24) is 19.5 Å². The van der Waals surface area contributed by atoms with Crippen LogP contribution in [0.2, 0.25) is 0 Å². The minimum Gasteiger partial charge on any atom is -0.507 e. The van der Waals surface area contributed by atoms with E-state index in [1.165, 1.54) is 19.3 Å². The van der Waals surface area contributed by atoms with Gasteiger partial charge in [-0.1, -0.05) is 31.4 Å². The summed E-state index contributed by atoms with van der Waals surface area (Å²) in [6.45, 7) is 1.58. The second kappa shape index (κ2) is 9.10. The number of amides is 1. The van der Waals surface area contributed by atoms with Gasteiger partial charge in [-0.2, -0.15) is 9.61 Å². The number of aromatic nitrogens is 3. The van der Waals surface area contributed by atoms with Crippen LogP contribution in [0.1, 0.15) is 44.9 Å². The van der Waals surface area contributed by atoms with Crippen LogP contribution in [0.3, 0.4) is 0 Å². The highest BCUT2D eigenvalue weighted by Crippen LogP contribution is 2.32. The number of rotatable bonds is 4. The van der Waals surface area contributed by atoms with Crippen LogP contribution in [-0.4, -0.2) is 49.6 Å². The van der Waals surface area contributed by atoms with E-state index in [9.17, 15) is 9.90 Å². The Labute approximate surface area is 196 Å². The lowest BCUT2D eigenvalue weighted by Crippen LogP contribution is -2.45. The van der Waals surface area contributed by atoms with Crippen LogP contribution >= 0.6 is 15.9 Å². The average Bonchev–Trinajstić information content (AvgIpc) is 3.21. The first-order valence-electron chi connectivity index (χ1n) is 11.5. The molecule has 0 radical (unpaired) electrons. The number of halogens is 1. The van der Waals surface area contributed by atoms with Gasteiger partial charge in [-0.05, 0) is 53.7 Å². The Morgan fingerprint density at radius 1 is 1.09 bits per heavy atom. The predicted octanol–water partition coefficient (Wildman–Crippen LogP) is 4.85. The van der Waals surface area contributed by atoms with Crippen LogP contribution in [-0.2, 0) is 4.79 Å². The van der Waals surface area contributed by atoms with E-state index in [-0.39, 0.29) is 17.7 Å². The zero-order chi connectivity index (χ0) is 22.1. The maximum atomic E-state index is 12.9. The molecular weight excluding hydrogens is 470 g/mol. The standard InChI is InChI=1S/C24H28BrN5O2/c25-19-15-26-30-22(14-20(28-23(19)30)18-8-4-5-9-21(18)31)27-17-10-12-29(13-11-17)24(32)16-6-2-1-3-7-16/h4-5,8-9,14-17,27,31H,1-3,6-7,10-13H2. The number of piperidine rings is 1. The predicted molar refractivity (Wildman–Crippen MR) is 128 cm³/mol. The molecule has 168 valence electrons. The van der Waals surface area contributed by atoms with Crippen LogP contribution in [0.15, 0.2) is 41.0 Å². The average molecular weight is 498 g/mol. The molecular formula is C24H28BrN5O2. The molecule has 1 amide bonds. The van der Waals surface area contributed by atoms with E-state index in [0.717, 1.165) is 49.1 Å². The third-order valence-corrected chi connectivity index (χ3v) is 7.28. The number of hydrogen-bond donors (Lipinski definition) is 2. The summed E-state index contributed by atoms with van der Waals surface area (Å²) >= 11 is 3.53. The van der Waals surface area contributed by atoms with E-state index in [4.69, 9.17) is 4.98 Å². The molecule has 2 fully saturated rings. The number of hydrogen-bond acceptors (Lipinski definition) is 5. The molecule has 2 aromatic heterocycles. The third kappa shape index (κ3) is 4.20. The summed E-state index contributed by atoms with van der Waals surface area (Å²) in [5.41, 5.74) is 2.06. The molecule has 8 heteroatoms. The summed E-state index contributed by atoms with van der Waals surface area (Å²) in [7, 11) is 0. The van der Waals surface area contributed by atoms with Crippen molar-refractivity contribution in [2.75, 3.05) is 18.4 Å².